The van der Waals surface area contributed by atoms with Gasteiger partial charge in [0, 0.05) is 0 Å². The summed E-state index contributed by atoms with van der Waals surface area (Å²) >= 11 is 13.0. The molecule has 0 saturated carbocycles. The van der Waals surface area contributed by atoms with Crippen molar-refractivity contribution in [2.45, 2.75) is 19.9 Å². The Morgan fingerprint density at radius 3 is 2.70 bits per heavy atom. The Kier molecular flexibility index (Phi) is 5.98. The largest absolute Gasteiger partial charge is 0.451 e. The molecule has 0 radical (unpaired) electrons. The van der Waals surface area contributed by atoms with Crippen molar-refractivity contribution in [1.82, 2.24) is 10.3 Å². The topological polar surface area (TPSA) is 68.3 Å². The van der Waals surface area contributed by atoms with Crippen LogP contribution in [-0.4, -0.2) is 23.5 Å². The Hall–Kier alpha value is -1.63. The minimum atomic E-state index is -0.553. The molecule has 0 fully saturated rings. The van der Waals surface area contributed by atoms with E-state index in [1.165, 1.54) is 11.3 Å². The molecule has 1 aromatic carbocycles. The number of amides is 1. The second-order valence-corrected chi connectivity index (χ2v) is 6.47. The summed E-state index contributed by atoms with van der Waals surface area (Å²) in [6, 6.07) is 4.82. The van der Waals surface area contributed by atoms with Crippen molar-refractivity contribution >= 4 is 46.4 Å². The number of rotatable bonds is 5. The van der Waals surface area contributed by atoms with Gasteiger partial charge in [-0.05, 0) is 31.5 Å². The van der Waals surface area contributed by atoms with Gasteiger partial charge < -0.3 is 10.1 Å². The first-order valence-electron chi connectivity index (χ1n) is 6.70. The Balaban J connectivity index is 1.88. The van der Waals surface area contributed by atoms with Gasteiger partial charge in [-0.3, -0.25) is 4.79 Å². The summed E-state index contributed by atoms with van der Waals surface area (Å²) in [7, 11) is 0. The van der Waals surface area contributed by atoms with Gasteiger partial charge in [-0.15, -0.1) is 11.3 Å². The van der Waals surface area contributed by atoms with Crippen molar-refractivity contribution in [1.29, 1.82) is 0 Å². The molecule has 0 bridgehead atoms. The molecule has 0 spiro atoms. The van der Waals surface area contributed by atoms with Gasteiger partial charge in [0.2, 0.25) is 0 Å². The zero-order chi connectivity index (χ0) is 17.0. The Labute approximate surface area is 147 Å². The van der Waals surface area contributed by atoms with Crippen LogP contribution in [0.5, 0.6) is 0 Å². The second kappa shape index (κ2) is 7.77. The summed E-state index contributed by atoms with van der Waals surface area (Å²) in [5.74, 6) is -0.957. The van der Waals surface area contributed by atoms with E-state index in [0.29, 0.717) is 20.6 Å². The quantitative estimate of drug-likeness (QED) is 0.810. The molecule has 5 nitrogen and oxygen atoms in total. The van der Waals surface area contributed by atoms with Crippen LogP contribution in [0.2, 0.25) is 10.0 Å². The van der Waals surface area contributed by atoms with Gasteiger partial charge in [0.15, 0.2) is 6.61 Å². The number of carbonyl (C=O) groups is 2. The van der Waals surface area contributed by atoms with Crippen molar-refractivity contribution in [3.05, 3.63) is 49.9 Å². The summed E-state index contributed by atoms with van der Waals surface area (Å²) < 4.78 is 4.98. The fourth-order valence-electron chi connectivity index (χ4n) is 1.84. The number of esters is 1. The van der Waals surface area contributed by atoms with Crippen LogP contribution >= 0.6 is 34.5 Å². The van der Waals surface area contributed by atoms with Crippen LogP contribution in [0.1, 0.15) is 33.9 Å². The van der Waals surface area contributed by atoms with E-state index in [9.17, 15) is 9.59 Å². The molecule has 1 unspecified atom stereocenters. The number of benzene rings is 1. The minimum absolute atomic E-state index is 0.291. The number of nitrogens with zero attached hydrogens (tertiary/aromatic N) is 1. The van der Waals surface area contributed by atoms with Crippen LogP contribution in [0.4, 0.5) is 0 Å². The number of aryl methyl sites for hydroxylation is 1. The number of halogens is 2. The SMILES string of the molecule is Cc1ncsc1C(=O)OCC(=O)NC(C)c1ccc(Cl)c(Cl)c1. The van der Waals surface area contributed by atoms with E-state index in [0.717, 1.165) is 5.56 Å². The van der Waals surface area contributed by atoms with Crippen molar-refractivity contribution < 1.29 is 14.3 Å². The lowest BCUT2D eigenvalue weighted by Gasteiger charge is -2.15. The molecular weight excluding hydrogens is 359 g/mol. The maximum Gasteiger partial charge on any atom is 0.350 e. The van der Waals surface area contributed by atoms with Crippen LogP contribution in [0.3, 0.4) is 0 Å². The highest BCUT2D eigenvalue weighted by molar-refractivity contribution is 7.11. The third-order valence-electron chi connectivity index (χ3n) is 3.09. The van der Waals surface area contributed by atoms with Gasteiger partial charge >= 0.3 is 5.97 Å². The standard InChI is InChI=1S/C15H14Cl2N2O3S/c1-8(10-3-4-11(16)12(17)5-10)19-13(20)6-22-15(21)14-9(2)18-7-23-14/h3-5,7-8H,6H2,1-2H3,(H,19,20). The van der Waals surface area contributed by atoms with Gasteiger partial charge in [0.25, 0.3) is 5.91 Å². The summed E-state index contributed by atoms with van der Waals surface area (Å²) in [4.78, 5) is 28.0. The predicted molar refractivity (Wildman–Crippen MR) is 90.2 cm³/mol. The highest BCUT2D eigenvalue weighted by atomic mass is 35.5. The summed E-state index contributed by atoms with van der Waals surface area (Å²) in [5.41, 5.74) is 2.94. The molecule has 0 aliphatic carbocycles. The molecule has 1 atom stereocenters. The van der Waals surface area contributed by atoms with E-state index in [4.69, 9.17) is 27.9 Å². The molecule has 1 N–H and O–H groups in total. The first-order chi connectivity index (χ1) is 10.9. The van der Waals surface area contributed by atoms with Crippen LogP contribution in [0, 0.1) is 6.92 Å². The maximum absolute atomic E-state index is 11.9. The minimum Gasteiger partial charge on any atom is -0.451 e. The Morgan fingerprint density at radius 2 is 2.09 bits per heavy atom. The molecule has 0 aliphatic heterocycles. The van der Waals surface area contributed by atoms with Crippen molar-refractivity contribution in [2.24, 2.45) is 0 Å². The maximum atomic E-state index is 11.9. The normalized spacial score (nSPS) is 11.8. The molecule has 122 valence electrons. The molecule has 23 heavy (non-hydrogen) atoms. The lowest BCUT2D eigenvalue weighted by atomic mass is 10.1. The van der Waals surface area contributed by atoms with Crippen LogP contribution in [-0.2, 0) is 9.53 Å². The van der Waals surface area contributed by atoms with E-state index in [2.05, 4.69) is 10.3 Å². The van der Waals surface area contributed by atoms with Crippen LogP contribution < -0.4 is 5.32 Å². The van der Waals surface area contributed by atoms with Crippen molar-refractivity contribution in [3.63, 3.8) is 0 Å². The molecular formula is C15H14Cl2N2O3S. The van der Waals surface area contributed by atoms with E-state index >= 15 is 0 Å². The number of hydrogen-bond acceptors (Lipinski definition) is 5. The summed E-state index contributed by atoms with van der Waals surface area (Å²) in [5, 5.41) is 3.59. The average molecular weight is 373 g/mol. The highest BCUT2D eigenvalue weighted by Crippen LogP contribution is 2.25. The van der Waals surface area contributed by atoms with E-state index in [-0.39, 0.29) is 12.6 Å². The lowest BCUT2D eigenvalue weighted by Crippen LogP contribution is -2.31. The molecule has 1 aromatic heterocycles. The molecule has 2 aromatic rings. The summed E-state index contributed by atoms with van der Waals surface area (Å²) in [6.07, 6.45) is 0. The van der Waals surface area contributed by atoms with E-state index in [1.807, 2.05) is 0 Å². The van der Waals surface area contributed by atoms with Crippen LogP contribution in [0.15, 0.2) is 23.7 Å². The molecule has 0 saturated heterocycles. The van der Waals surface area contributed by atoms with E-state index < -0.39 is 11.9 Å². The number of carbonyl (C=O) groups excluding carboxylic acids is 2. The molecule has 1 amide bonds. The predicted octanol–water partition coefficient (Wildman–Crippen LogP) is 3.79. The number of thiazole rings is 1. The smallest absolute Gasteiger partial charge is 0.350 e. The fraction of sp³-hybridized carbons (Fsp3) is 0.267. The summed E-state index contributed by atoms with van der Waals surface area (Å²) in [6.45, 7) is 3.15. The molecule has 1 heterocycles. The van der Waals surface area contributed by atoms with E-state index in [1.54, 1.807) is 37.6 Å². The molecule has 2 rings (SSSR count). The average Bonchev–Trinajstić information content (AvgIpc) is 2.93. The van der Waals surface area contributed by atoms with Gasteiger partial charge in [-0.2, -0.15) is 0 Å². The fourth-order valence-corrected chi connectivity index (χ4v) is 2.84. The highest BCUT2D eigenvalue weighted by Gasteiger charge is 2.16. The Morgan fingerprint density at radius 1 is 1.35 bits per heavy atom. The third-order valence-corrected chi connectivity index (χ3v) is 4.73. The number of nitrogens with one attached hydrogen (secondary N) is 1. The second-order valence-electron chi connectivity index (χ2n) is 4.81. The molecule has 0 aliphatic rings. The zero-order valence-electron chi connectivity index (χ0n) is 12.4. The lowest BCUT2D eigenvalue weighted by molar-refractivity contribution is -0.124. The first kappa shape index (κ1) is 17.7. The van der Waals surface area contributed by atoms with Crippen molar-refractivity contribution in [3.8, 4) is 0 Å². The zero-order valence-corrected chi connectivity index (χ0v) is 14.8. The number of aromatic nitrogens is 1. The Bertz CT molecular complexity index is 733. The van der Waals surface area contributed by atoms with Crippen LogP contribution in [0.25, 0.3) is 0 Å². The van der Waals surface area contributed by atoms with Gasteiger partial charge in [-0.1, -0.05) is 29.3 Å². The van der Waals surface area contributed by atoms with Gasteiger partial charge in [0.1, 0.15) is 4.88 Å². The molecule has 8 heteroatoms. The first-order valence-corrected chi connectivity index (χ1v) is 8.33. The number of hydrogen-bond donors (Lipinski definition) is 1. The number of ether oxygens (including phenoxy) is 1. The van der Waals surface area contributed by atoms with Gasteiger partial charge in [0.05, 0.1) is 27.3 Å². The van der Waals surface area contributed by atoms with Crippen molar-refractivity contribution in [2.75, 3.05) is 6.61 Å². The third kappa shape index (κ3) is 4.67. The monoisotopic (exact) mass is 372 g/mol. The van der Waals surface area contributed by atoms with Gasteiger partial charge in [-0.25, -0.2) is 9.78 Å².